The maximum absolute atomic E-state index is 10.5. The zero-order chi connectivity index (χ0) is 7.56. The molecule has 0 bridgehead atoms. The number of aliphatic hydroxyl groups is 1. The summed E-state index contributed by atoms with van der Waals surface area (Å²) in [6, 6.07) is 0. The van der Waals surface area contributed by atoms with Crippen LogP contribution in [-0.2, 0) is 0 Å². The summed E-state index contributed by atoms with van der Waals surface area (Å²) in [4.78, 5) is -0.289. The quantitative estimate of drug-likeness (QED) is 0.403. The van der Waals surface area contributed by atoms with Crippen LogP contribution in [0.15, 0.2) is 12.2 Å². The molecular weight excluding hydrogens is 196 g/mol. The molecule has 1 rings (SSSR count). The van der Waals surface area contributed by atoms with Crippen molar-refractivity contribution in [2.45, 2.75) is 24.0 Å². The maximum atomic E-state index is 10.5. The van der Waals surface area contributed by atoms with Crippen LogP contribution in [0.25, 0.3) is 0 Å². The summed E-state index contributed by atoms with van der Waals surface area (Å²) in [7, 11) is 0. The Morgan fingerprint density at radius 1 is 1.50 bits per heavy atom. The largest absolute Gasteiger partial charge is 0.830 e. The molecule has 0 spiro atoms. The topological polar surface area (TPSA) is 43.3 Å². The smallest absolute Gasteiger partial charge is 0.0288 e. The number of allylic oxidation sites excluding steroid dienone is 2. The standard InChI is InChI=1S/C7H10BrO2/c8-6(7(9)10)5-3-1-2-4-5/h1-2,5-7,9H,3-4H2/q-1. The van der Waals surface area contributed by atoms with Crippen LogP contribution >= 0.6 is 15.9 Å². The highest BCUT2D eigenvalue weighted by Crippen LogP contribution is 2.27. The van der Waals surface area contributed by atoms with E-state index in [0.29, 0.717) is 5.92 Å². The van der Waals surface area contributed by atoms with Crippen molar-refractivity contribution in [3.8, 4) is 0 Å². The monoisotopic (exact) mass is 205 g/mol. The zero-order valence-electron chi connectivity index (χ0n) is 5.53. The molecule has 0 saturated heterocycles. The van der Waals surface area contributed by atoms with Crippen molar-refractivity contribution >= 4 is 15.9 Å². The van der Waals surface area contributed by atoms with Crippen LogP contribution in [0.1, 0.15) is 12.8 Å². The molecule has 0 fully saturated rings. The van der Waals surface area contributed by atoms with E-state index in [0.717, 1.165) is 12.8 Å². The van der Waals surface area contributed by atoms with Crippen LogP contribution < -0.4 is 5.11 Å². The molecule has 0 saturated carbocycles. The Kier molecular flexibility index (Phi) is 2.89. The lowest BCUT2D eigenvalue weighted by Gasteiger charge is -2.26. The first-order chi connectivity index (χ1) is 4.72. The van der Waals surface area contributed by atoms with Gasteiger partial charge in [-0.15, -0.1) is 0 Å². The summed E-state index contributed by atoms with van der Waals surface area (Å²) in [5, 5.41) is 19.1. The van der Waals surface area contributed by atoms with Crippen molar-refractivity contribution in [1.82, 2.24) is 0 Å². The lowest BCUT2D eigenvalue weighted by molar-refractivity contribution is -0.482. The van der Waals surface area contributed by atoms with E-state index in [9.17, 15) is 5.11 Å². The molecule has 0 aromatic carbocycles. The van der Waals surface area contributed by atoms with Gasteiger partial charge in [-0.2, -0.15) is 0 Å². The molecule has 0 amide bonds. The van der Waals surface area contributed by atoms with Gasteiger partial charge in [0, 0.05) is 4.83 Å². The van der Waals surface area contributed by atoms with Gasteiger partial charge in [-0.25, -0.2) is 0 Å². The van der Waals surface area contributed by atoms with Crippen molar-refractivity contribution in [2.75, 3.05) is 0 Å². The van der Waals surface area contributed by atoms with Gasteiger partial charge >= 0.3 is 0 Å². The summed E-state index contributed by atoms with van der Waals surface area (Å²) >= 11 is 3.17. The van der Waals surface area contributed by atoms with Gasteiger partial charge in [-0.05, 0) is 25.0 Å². The Morgan fingerprint density at radius 3 is 2.40 bits per heavy atom. The Bertz CT molecular complexity index is 126. The third kappa shape index (κ3) is 1.81. The van der Waals surface area contributed by atoms with E-state index in [1.807, 2.05) is 12.2 Å². The first-order valence-corrected chi connectivity index (χ1v) is 4.26. The maximum Gasteiger partial charge on any atom is 0.0288 e. The van der Waals surface area contributed by atoms with Gasteiger partial charge in [-0.1, -0.05) is 28.1 Å². The van der Waals surface area contributed by atoms with Crippen LogP contribution in [0.3, 0.4) is 0 Å². The Balaban J connectivity index is 2.34. The van der Waals surface area contributed by atoms with Gasteiger partial charge in [0.2, 0.25) is 0 Å². The average Bonchev–Trinajstić information content (AvgIpc) is 2.36. The molecule has 0 aliphatic heterocycles. The summed E-state index contributed by atoms with van der Waals surface area (Å²) in [5.74, 6) is 0.299. The van der Waals surface area contributed by atoms with E-state index in [4.69, 9.17) is 5.11 Å². The Labute approximate surface area is 68.7 Å². The SMILES string of the molecule is [O-]C(O)C(Br)C1CC=CC1. The van der Waals surface area contributed by atoms with Gasteiger partial charge in [0.05, 0.1) is 0 Å². The van der Waals surface area contributed by atoms with Crippen molar-refractivity contribution in [3.05, 3.63) is 12.2 Å². The van der Waals surface area contributed by atoms with E-state index in [1.165, 1.54) is 0 Å². The van der Waals surface area contributed by atoms with Gasteiger partial charge in [0.1, 0.15) is 0 Å². The van der Waals surface area contributed by atoms with Gasteiger partial charge in [0.15, 0.2) is 0 Å². The number of hydrogen-bond acceptors (Lipinski definition) is 2. The molecule has 0 aromatic rings. The second kappa shape index (κ2) is 3.51. The first-order valence-electron chi connectivity index (χ1n) is 3.35. The molecule has 10 heavy (non-hydrogen) atoms. The summed E-state index contributed by atoms with van der Waals surface area (Å²) in [6.45, 7) is 0. The minimum Gasteiger partial charge on any atom is -0.830 e. The summed E-state index contributed by atoms with van der Waals surface area (Å²) < 4.78 is 0. The van der Waals surface area contributed by atoms with Crippen molar-refractivity contribution in [2.24, 2.45) is 5.92 Å². The van der Waals surface area contributed by atoms with E-state index < -0.39 is 6.29 Å². The van der Waals surface area contributed by atoms with Crippen molar-refractivity contribution < 1.29 is 10.2 Å². The van der Waals surface area contributed by atoms with E-state index in [1.54, 1.807) is 0 Å². The Hall–Kier alpha value is 0.140. The fourth-order valence-corrected chi connectivity index (χ4v) is 1.56. The third-order valence-electron chi connectivity index (χ3n) is 1.77. The molecule has 0 aromatic heterocycles. The van der Waals surface area contributed by atoms with Crippen LogP contribution in [0.2, 0.25) is 0 Å². The second-order valence-corrected chi connectivity index (χ2v) is 3.60. The second-order valence-electron chi connectivity index (χ2n) is 2.54. The molecule has 1 N–H and O–H groups in total. The molecule has 2 atom stereocenters. The number of rotatable bonds is 2. The molecule has 3 heteroatoms. The first kappa shape index (κ1) is 8.24. The van der Waals surface area contributed by atoms with Crippen molar-refractivity contribution in [3.63, 3.8) is 0 Å². The highest BCUT2D eigenvalue weighted by Gasteiger charge is 2.20. The van der Waals surface area contributed by atoms with Crippen LogP contribution in [0.4, 0.5) is 0 Å². The van der Waals surface area contributed by atoms with Crippen LogP contribution in [0.5, 0.6) is 0 Å². The third-order valence-corrected chi connectivity index (χ3v) is 2.97. The minimum atomic E-state index is -1.48. The molecule has 58 valence electrons. The van der Waals surface area contributed by atoms with Gasteiger partial charge in [0.25, 0.3) is 0 Å². The van der Waals surface area contributed by atoms with Crippen LogP contribution in [0, 0.1) is 5.92 Å². The lowest BCUT2D eigenvalue weighted by atomic mass is 10.0. The van der Waals surface area contributed by atoms with E-state index >= 15 is 0 Å². The predicted octanol–water partition coefficient (Wildman–Crippen LogP) is 0.395. The molecule has 1 aliphatic rings. The fourth-order valence-electron chi connectivity index (χ4n) is 1.13. The van der Waals surface area contributed by atoms with Gasteiger partial charge in [-0.3, -0.25) is 0 Å². The molecule has 0 radical (unpaired) electrons. The predicted molar refractivity (Wildman–Crippen MR) is 40.6 cm³/mol. The normalized spacial score (nSPS) is 25.1. The number of hydrogen-bond donors (Lipinski definition) is 1. The number of alkyl halides is 1. The van der Waals surface area contributed by atoms with E-state index in [-0.39, 0.29) is 4.83 Å². The number of halogens is 1. The molecule has 2 unspecified atom stereocenters. The summed E-state index contributed by atoms with van der Waals surface area (Å²) in [6.07, 6.45) is 4.43. The van der Waals surface area contributed by atoms with Gasteiger partial charge < -0.3 is 10.2 Å². The minimum absolute atomic E-state index is 0.289. The van der Waals surface area contributed by atoms with E-state index in [2.05, 4.69) is 15.9 Å². The molecule has 0 heterocycles. The van der Waals surface area contributed by atoms with Crippen molar-refractivity contribution in [1.29, 1.82) is 0 Å². The molecular formula is C7H10BrO2-. The molecule has 2 nitrogen and oxygen atoms in total. The fraction of sp³-hybridized carbons (Fsp3) is 0.714. The highest BCUT2D eigenvalue weighted by atomic mass is 79.9. The van der Waals surface area contributed by atoms with Crippen LogP contribution in [-0.4, -0.2) is 16.2 Å². The number of aliphatic hydroxyl groups excluding tert-OH is 1. The lowest BCUT2D eigenvalue weighted by Crippen LogP contribution is -2.37. The zero-order valence-corrected chi connectivity index (χ0v) is 7.12. The average molecular weight is 206 g/mol. The highest BCUT2D eigenvalue weighted by molar-refractivity contribution is 9.09. The Morgan fingerprint density at radius 2 is 2.00 bits per heavy atom. The molecule has 1 aliphatic carbocycles. The summed E-state index contributed by atoms with van der Waals surface area (Å²) in [5.41, 5.74) is 0.